The van der Waals surface area contributed by atoms with Crippen LogP contribution in [0.4, 0.5) is 4.79 Å². The van der Waals surface area contributed by atoms with Gasteiger partial charge in [-0.2, -0.15) is 0 Å². The fourth-order valence-electron chi connectivity index (χ4n) is 2.44. The second-order valence-electron chi connectivity index (χ2n) is 6.07. The summed E-state index contributed by atoms with van der Waals surface area (Å²) in [6.45, 7) is 11.6. The average Bonchev–Trinajstić information content (AvgIpc) is 2.36. The lowest BCUT2D eigenvalue weighted by Gasteiger charge is -2.39. The Morgan fingerprint density at radius 1 is 1.10 bits per heavy atom. The molecule has 0 aromatic heterocycles. The number of rotatable bonds is 5. The van der Waals surface area contributed by atoms with Crippen molar-refractivity contribution in [3.63, 3.8) is 0 Å². The van der Waals surface area contributed by atoms with Gasteiger partial charge in [0.05, 0.1) is 0 Å². The van der Waals surface area contributed by atoms with E-state index in [1.807, 2.05) is 13.8 Å². The molecule has 0 atom stereocenters. The number of carbonyl (C=O) groups is 2. The molecule has 0 saturated carbocycles. The van der Waals surface area contributed by atoms with Crippen LogP contribution in [0.2, 0.25) is 0 Å². The number of aliphatic carboxylic acids is 1. The Kier molecular flexibility index (Phi) is 6.26. The largest absolute Gasteiger partial charge is 0.480 e. The fraction of sp³-hybridized carbons (Fsp3) is 0.857. The van der Waals surface area contributed by atoms with Crippen molar-refractivity contribution in [3.8, 4) is 0 Å². The van der Waals surface area contributed by atoms with Gasteiger partial charge in [0.1, 0.15) is 6.54 Å². The summed E-state index contributed by atoms with van der Waals surface area (Å²) >= 11 is 0. The SMILES string of the molecule is CC(C)CN(CC(=O)O)C(=O)N1CCN(C(C)C)CC1. The van der Waals surface area contributed by atoms with E-state index >= 15 is 0 Å². The molecule has 1 heterocycles. The highest BCUT2D eigenvalue weighted by atomic mass is 16.4. The maximum absolute atomic E-state index is 12.4. The van der Waals surface area contributed by atoms with Gasteiger partial charge in [-0.15, -0.1) is 0 Å². The van der Waals surface area contributed by atoms with Gasteiger partial charge in [-0.05, 0) is 19.8 Å². The zero-order chi connectivity index (χ0) is 15.3. The number of hydrogen-bond donors (Lipinski definition) is 1. The lowest BCUT2D eigenvalue weighted by Crippen LogP contribution is -2.55. The van der Waals surface area contributed by atoms with E-state index in [2.05, 4.69) is 18.7 Å². The first kappa shape index (κ1) is 16.8. The van der Waals surface area contributed by atoms with E-state index < -0.39 is 5.97 Å². The highest BCUT2D eigenvalue weighted by Crippen LogP contribution is 2.10. The van der Waals surface area contributed by atoms with Crippen LogP contribution in [0.25, 0.3) is 0 Å². The van der Waals surface area contributed by atoms with E-state index in [0.717, 1.165) is 13.1 Å². The smallest absolute Gasteiger partial charge is 0.323 e. The van der Waals surface area contributed by atoms with Crippen LogP contribution in [-0.2, 0) is 4.79 Å². The minimum absolute atomic E-state index is 0.149. The molecule has 20 heavy (non-hydrogen) atoms. The number of urea groups is 1. The molecule has 0 bridgehead atoms. The molecular weight excluding hydrogens is 258 g/mol. The van der Waals surface area contributed by atoms with E-state index in [4.69, 9.17) is 5.11 Å². The van der Waals surface area contributed by atoms with E-state index in [1.54, 1.807) is 4.90 Å². The van der Waals surface area contributed by atoms with Crippen molar-refractivity contribution < 1.29 is 14.7 Å². The second kappa shape index (κ2) is 7.47. The zero-order valence-electron chi connectivity index (χ0n) is 13.0. The van der Waals surface area contributed by atoms with E-state index in [9.17, 15) is 9.59 Å². The second-order valence-corrected chi connectivity index (χ2v) is 6.07. The highest BCUT2D eigenvalue weighted by molar-refractivity contribution is 5.80. The quantitative estimate of drug-likeness (QED) is 0.823. The van der Waals surface area contributed by atoms with Crippen LogP contribution in [0.15, 0.2) is 0 Å². The molecule has 0 radical (unpaired) electrons. The van der Waals surface area contributed by atoms with Gasteiger partial charge < -0.3 is 14.9 Å². The number of carbonyl (C=O) groups excluding carboxylic acids is 1. The topological polar surface area (TPSA) is 64.1 Å². The molecule has 1 fully saturated rings. The summed E-state index contributed by atoms with van der Waals surface area (Å²) in [5.74, 6) is -0.699. The van der Waals surface area contributed by atoms with Crippen molar-refractivity contribution in [2.45, 2.75) is 33.7 Å². The lowest BCUT2D eigenvalue weighted by molar-refractivity contribution is -0.137. The first-order valence-corrected chi connectivity index (χ1v) is 7.31. The van der Waals surface area contributed by atoms with E-state index in [0.29, 0.717) is 25.7 Å². The number of amides is 2. The molecule has 0 spiro atoms. The molecule has 0 aromatic carbocycles. The number of piperazine rings is 1. The number of carboxylic acids is 1. The van der Waals surface area contributed by atoms with Crippen LogP contribution in [0.1, 0.15) is 27.7 Å². The van der Waals surface area contributed by atoms with Crippen LogP contribution < -0.4 is 0 Å². The van der Waals surface area contributed by atoms with Crippen LogP contribution in [0.3, 0.4) is 0 Å². The minimum Gasteiger partial charge on any atom is -0.480 e. The first-order valence-electron chi connectivity index (χ1n) is 7.31. The first-order chi connectivity index (χ1) is 9.31. The van der Waals surface area contributed by atoms with E-state index in [-0.39, 0.29) is 18.5 Å². The minimum atomic E-state index is -0.959. The van der Waals surface area contributed by atoms with Gasteiger partial charge >= 0.3 is 12.0 Å². The molecule has 1 rings (SSSR count). The summed E-state index contributed by atoms with van der Waals surface area (Å²) in [6, 6.07) is 0.336. The Morgan fingerprint density at radius 2 is 1.65 bits per heavy atom. The summed E-state index contributed by atoms with van der Waals surface area (Å²) in [4.78, 5) is 28.9. The molecule has 1 saturated heterocycles. The van der Waals surface area contributed by atoms with Crippen molar-refractivity contribution >= 4 is 12.0 Å². The van der Waals surface area contributed by atoms with Crippen molar-refractivity contribution in [2.75, 3.05) is 39.3 Å². The Morgan fingerprint density at radius 3 is 2.05 bits per heavy atom. The van der Waals surface area contributed by atoms with Crippen LogP contribution in [0.5, 0.6) is 0 Å². The fourth-order valence-corrected chi connectivity index (χ4v) is 2.44. The molecule has 1 aliphatic heterocycles. The summed E-state index contributed by atoms with van der Waals surface area (Å²) in [7, 11) is 0. The Labute approximate surface area is 121 Å². The summed E-state index contributed by atoms with van der Waals surface area (Å²) in [6.07, 6.45) is 0. The van der Waals surface area contributed by atoms with Crippen LogP contribution in [-0.4, -0.2) is 77.1 Å². The number of nitrogens with zero attached hydrogens (tertiary/aromatic N) is 3. The Hall–Kier alpha value is -1.30. The number of carboxylic acid groups (broad SMARTS) is 1. The molecule has 0 aromatic rings. The maximum Gasteiger partial charge on any atom is 0.323 e. The third-order valence-electron chi connectivity index (χ3n) is 3.50. The van der Waals surface area contributed by atoms with Gasteiger partial charge in [0.25, 0.3) is 0 Å². The van der Waals surface area contributed by atoms with Gasteiger partial charge in [-0.1, -0.05) is 13.8 Å². The summed E-state index contributed by atoms with van der Waals surface area (Å²) in [5.41, 5.74) is 0. The monoisotopic (exact) mass is 285 g/mol. The van der Waals surface area contributed by atoms with Crippen LogP contribution in [0, 0.1) is 5.92 Å². The van der Waals surface area contributed by atoms with Gasteiger partial charge in [0.2, 0.25) is 0 Å². The van der Waals surface area contributed by atoms with Gasteiger partial charge in [-0.3, -0.25) is 9.69 Å². The van der Waals surface area contributed by atoms with Crippen molar-refractivity contribution in [1.82, 2.24) is 14.7 Å². The molecule has 6 heteroatoms. The molecule has 0 aliphatic carbocycles. The normalized spacial score (nSPS) is 16.8. The molecule has 1 aliphatic rings. The molecular formula is C14H27N3O3. The molecule has 0 unspecified atom stereocenters. The third kappa shape index (κ3) is 5.00. The number of hydrogen-bond acceptors (Lipinski definition) is 3. The van der Waals surface area contributed by atoms with Crippen molar-refractivity contribution in [2.24, 2.45) is 5.92 Å². The molecule has 6 nitrogen and oxygen atoms in total. The molecule has 1 N–H and O–H groups in total. The van der Waals surface area contributed by atoms with Gasteiger partial charge in [0.15, 0.2) is 0 Å². The van der Waals surface area contributed by atoms with Gasteiger partial charge in [0, 0.05) is 38.8 Å². The van der Waals surface area contributed by atoms with Crippen molar-refractivity contribution in [1.29, 1.82) is 0 Å². The Balaban J connectivity index is 2.59. The third-order valence-corrected chi connectivity index (χ3v) is 3.50. The molecule has 116 valence electrons. The standard InChI is InChI=1S/C14H27N3O3/c1-11(2)9-17(10-13(18)19)14(20)16-7-5-15(6-8-16)12(3)4/h11-12H,5-10H2,1-4H3,(H,18,19). The van der Waals surface area contributed by atoms with Crippen LogP contribution >= 0.6 is 0 Å². The van der Waals surface area contributed by atoms with E-state index in [1.165, 1.54) is 4.90 Å². The lowest BCUT2D eigenvalue weighted by atomic mass is 10.2. The predicted molar refractivity (Wildman–Crippen MR) is 77.7 cm³/mol. The Bertz CT molecular complexity index is 337. The maximum atomic E-state index is 12.4. The van der Waals surface area contributed by atoms with Crippen molar-refractivity contribution in [3.05, 3.63) is 0 Å². The summed E-state index contributed by atoms with van der Waals surface area (Å²) in [5, 5.41) is 8.94. The van der Waals surface area contributed by atoms with Gasteiger partial charge in [-0.25, -0.2) is 4.79 Å². The molecule has 2 amide bonds. The highest BCUT2D eigenvalue weighted by Gasteiger charge is 2.27. The average molecular weight is 285 g/mol. The zero-order valence-corrected chi connectivity index (χ0v) is 13.0. The summed E-state index contributed by atoms with van der Waals surface area (Å²) < 4.78 is 0. The predicted octanol–water partition coefficient (Wildman–Crippen LogP) is 1.17.